The van der Waals surface area contributed by atoms with Crippen LogP contribution in [0.5, 0.6) is 0 Å². The highest BCUT2D eigenvalue weighted by Gasteiger charge is 2.14. The quantitative estimate of drug-likeness (QED) is 0.899. The topological polar surface area (TPSA) is 96.4 Å². The second-order valence-corrected chi connectivity index (χ2v) is 7.37. The molecule has 1 aromatic heterocycles. The zero-order valence-corrected chi connectivity index (χ0v) is 12.4. The molecule has 0 aliphatic carbocycles. The number of aromatic carboxylic acids is 1. The van der Waals surface area contributed by atoms with E-state index in [1.165, 1.54) is 23.5 Å². The summed E-state index contributed by atoms with van der Waals surface area (Å²) in [6, 6.07) is 6.17. The van der Waals surface area contributed by atoms with Crippen LogP contribution in [0, 0.1) is 6.92 Å². The van der Waals surface area contributed by atoms with Gasteiger partial charge < -0.3 is 10.4 Å². The molecule has 1 heterocycles. The highest BCUT2D eigenvalue weighted by molar-refractivity contribution is 7.90. The van der Waals surface area contributed by atoms with E-state index in [2.05, 4.69) is 10.3 Å². The Morgan fingerprint density at radius 3 is 2.35 bits per heavy atom. The summed E-state index contributed by atoms with van der Waals surface area (Å²) >= 11 is 1.23. The van der Waals surface area contributed by atoms with Gasteiger partial charge in [-0.1, -0.05) is 0 Å². The number of thiazole rings is 1. The van der Waals surface area contributed by atoms with E-state index in [9.17, 15) is 13.2 Å². The Balaban J connectivity index is 2.22. The second kappa shape index (κ2) is 5.22. The minimum Gasteiger partial charge on any atom is -0.476 e. The van der Waals surface area contributed by atoms with Gasteiger partial charge in [0.05, 0.1) is 4.90 Å². The van der Waals surface area contributed by atoms with Crippen LogP contribution in [0.3, 0.4) is 0 Å². The molecule has 0 radical (unpaired) electrons. The molecule has 2 aromatic rings. The number of nitrogens with zero attached hydrogens (tertiary/aromatic N) is 1. The number of carboxylic acids is 1. The maximum absolute atomic E-state index is 11.3. The Hall–Kier alpha value is -1.93. The second-order valence-electron chi connectivity index (χ2n) is 4.15. The summed E-state index contributed by atoms with van der Waals surface area (Å²) in [4.78, 5) is 15.7. The van der Waals surface area contributed by atoms with Crippen molar-refractivity contribution in [1.29, 1.82) is 0 Å². The molecule has 106 valence electrons. The lowest BCUT2D eigenvalue weighted by atomic mass is 10.3. The van der Waals surface area contributed by atoms with Gasteiger partial charge in [-0.3, -0.25) is 0 Å². The summed E-state index contributed by atoms with van der Waals surface area (Å²) in [7, 11) is -3.22. The fraction of sp³-hybridized carbons (Fsp3) is 0.167. The Kier molecular flexibility index (Phi) is 3.78. The minimum absolute atomic E-state index is 0.0188. The van der Waals surface area contributed by atoms with Crippen LogP contribution >= 0.6 is 11.3 Å². The average molecular weight is 312 g/mol. The van der Waals surface area contributed by atoms with E-state index in [1.54, 1.807) is 19.1 Å². The van der Waals surface area contributed by atoms with E-state index in [1.807, 2.05) is 0 Å². The van der Waals surface area contributed by atoms with Crippen LogP contribution in [0.4, 0.5) is 10.8 Å². The zero-order valence-electron chi connectivity index (χ0n) is 10.7. The number of aromatic nitrogens is 1. The van der Waals surface area contributed by atoms with E-state index < -0.39 is 15.8 Å². The molecule has 0 aliphatic heterocycles. The van der Waals surface area contributed by atoms with E-state index in [-0.39, 0.29) is 10.6 Å². The standard InChI is InChI=1S/C12H12N2O4S2/c1-7-10(11(15)16)14-12(19-7)13-8-3-5-9(6-4-8)20(2,17)18/h3-6H,1-2H3,(H,13,14)(H,15,16). The van der Waals surface area contributed by atoms with Crippen molar-refractivity contribution in [2.75, 3.05) is 11.6 Å². The van der Waals surface area contributed by atoms with Gasteiger partial charge in [-0.25, -0.2) is 18.2 Å². The number of benzene rings is 1. The molecular formula is C12H12N2O4S2. The van der Waals surface area contributed by atoms with Crippen molar-refractivity contribution in [1.82, 2.24) is 4.98 Å². The number of hydrogen-bond donors (Lipinski definition) is 2. The molecule has 0 amide bonds. The maximum Gasteiger partial charge on any atom is 0.355 e. The molecule has 0 saturated carbocycles. The number of rotatable bonds is 4. The third-order valence-corrected chi connectivity index (χ3v) is 4.55. The summed E-state index contributed by atoms with van der Waals surface area (Å²) in [5.41, 5.74) is 0.661. The first kappa shape index (κ1) is 14.5. The third kappa shape index (κ3) is 3.14. The Bertz CT molecular complexity index is 748. The largest absolute Gasteiger partial charge is 0.476 e. The summed E-state index contributed by atoms with van der Waals surface area (Å²) in [6.45, 7) is 1.68. The number of carboxylic acid groups (broad SMARTS) is 1. The normalized spacial score (nSPS) is 11.3. The van der Waals surface area contributed by atoms with Crippen molar-refractivity contribution in [2.45, 2.75) is 11.8 Å². The van der Waals surface area contributed by atoms with E-state index >= 15 is 0 Å². The summed E-state index contributed by atoms with van der Waals surface area (Å²) in [5, 5.41) is 12.3. The van der Waals surface area contributed by atoms with Crippen molar-refractivity contribution < 1.29 is 18.3 Å². The molecule has 0 unspecified atom stereocenters. The van der Waals surface area contributed by atoms with Crippen molar-refractivity contribution >= 4 is 38.0 Å². The van der Waals surface area contributed by atoms with Gasteiger partial charge in [0.1, 0.15) is 0 Å². The molecule has 1 aromatic carbocycles. The van der Waals surface area contributed by atoms with Gasteiger partial charge in [-0.2, -0.15) is 0 Å². The van der Waals surface area contributed by atoms with Crippen LogP contribution in [0.25, 0.3) is 0 Å². The number of sulfone groups is 1. The Morgan fingerprint density at radius 1 is 1.30 bits per heavy atom. The summed E-state index contributed by atoms with van der Waals surface area (Å²) in [5.74, 6) is -1.07. The summed E-state index contributed by atoms with van der Waals surface area (Å²) in [6.07, 6.45) is 1.14. The molecule has 0 spiro atoms. The Morgan fingerprint density at radius 2 is 1.90 bits per heavy atom. The number of aryl methyl sites for hydroxylation is 1. The van der Waals surface area contributed by atoms with E-state index in [4.69, 9.17) is 5.11 Å². The molecular weight excluding hydrogens is 300 g/mol. The molecule has 8 heteroatoms. The smallest absolute Gasteiger partial charge is 0.355 e. The molecule has 6 nitrogen and oxygen atoms in total. The van der Waals surface area contributed by atoms with Crippen LogP contribution in [-0.4, -0.2) is 30.7 Å². The number of anilines is 2. The number of carbonyl (C=O) groups is 1. The van der Waals surface area contributed by atoms with Crippen LogP contribution in [0.2, 0.25) is 0 Å². The molecule has 0 aliphatic rings. The average Bonchev–Trinajstić information content (AvgIpc) is 2.70. The van der Waals surface area contributed by atoms with Crippen molar-refractivity contribution in [3.63, 3.8) is 0 Å². The fourth-order valence-electron chi connectivity index (χ4n) is 1.56. The van der Waals surface area contributed by atoms with Crippen LogP contribution < -0.4 is 5.32 Å². The predicted octanol–water partition coefficient (Wildman–Crippen LogP) is 2.30. The number of hydrogen-bond acceptors (Lipinski definition) is 6. The lowest BCUT2D eigenvalue weighted by Gasteiger charge is -2.03. The monoisotopic (exact) mass is 312 g/mol. The fourth-order valence-corrected chi connectivity index (χ4v) is 3.01. The van der Waals surface area contributed by atoms with Crippen LogP contribution in [-0.2, 0) is 9.84 Å². The van der Waals surface area contributed by atoms with Gasteiger partial charge in [-0.05, 0) is 31.2 Å². The first-order valence-corrected chi connectivity index (χ1v) is 8.26. The molecule has 0 bridgehead atoms. The zero-order chi connectivity index (χ0) is 14.9. The first-order chi connectivity index (χ1) is 9.27. The van der Waals surface area contributed by atoms with Crippen molar-refractivity contribution in [3.05, 3.63) is 34.8 Å². The van der Waals surface area contributed by atoms with Gasteiger partial charge in [0.2, 0.25) is 0 Å². The van der Waals surface area contributed by atoms with Gasteiger partial charge in [-0.15, -0.1) is 11.3 Å². The van der Waals surface area contributed by atoms with Gasteiger partial charge in [0.15, 0.2) is 20.7 Å². The van der Waals surface area contributed by atoms with Gasteiger partial charge >= 0.3 is 5.97 Å². The van der Waals surface area contributed by atoms with Gasteiger partial charge in [0, 0.05) is 16.8 Å². The molecule has 2 rings (SSSR count). The Labute approximate surface area is 120 Å². The van der Waals surface area contributed by atoms with Crippen LogP contribution in [0.1, 0.15) is 15.4 Å². The minimum atomic E-state index is -3.22. The van der Waals surface area contributed by atoms with Gasteiger partial charge in [0.25, 0.3) is 0 Å². The molecule has 0 atom stereocenters. The van der Waals surface area contributed by atoms with Crippen LogP contribution in [0.15, 0.2) is 29.2 Å². The highest BCUT2D eigenvalue weighted by atomic mass is 32.2. The molecule has 0 saturated heterocycles. The SMILES string of the molecule is Cc1sc(Nc2ccc(S(C)(=O)=O)cc2)nc1C(=O)O. The summed E-state index contributed by atoms with van der Waals surface area (Å²) < 4.78 is 22.7. The van der Waals surface area contributed by atoms with Crippen molar-refractivity contribution in [2.24, 2.45) is 0 Å². The predicted molar refractivity (Wildman–Crippen MR) is 76.6 cm³/mol. The molecule has 0 fully saturated rings. The molecule has 20 heavy (non-hydrogen) atoms. The lowest BCUT2D eigenvalue weighted by molar-refractivity contribution is 0.0690. The third-order valence-electron chi connectivity index (χ3n) is 2.53. The number of nitrogens with one attached hydrogen (secondary N) is 1. The van der Waals surface area contributed by atoms with E-state index in [0.29, 0.717) is 15.7 Å². The maximum atomic E-state index is 11.3. The molecule has 2 N–H and O–H groups in total. The lowest BCUT2D eigenvalue weighted by Crippen LogP contribution is -1.99. The highest BCUT2D eigenvalue weighted by Crippen LogP contribution is 2.26. The van der Waals surface area contributed by atoms with Crippen molar-refractivity contribution in [3.8, 4) is 0 Å². The van der Waals surface area contributed by atoms with E-state index in [0.717, 1.165) is 6.26 Å². The first-order valence-electron chi connectivity index (χ1n) is 5.55.